The fourth-order valence-electron chi connectivity index (χ4n) is 3.85. The molecule has 11 heteroatoms. The maximum absolute atomic E-state index is 10.3. The molecule has 1 aromatic carbocycles. The predicted molar refractivity (Wildman–Crippen MR) is 126 cm³/mol. The molecule has 0 aliphatic heterocycles. The molecule has 2 atom stereocenters. The minimum Gasteiger partial charge on any atom is -0.494 e. The lowest BCUT2D eigenvalue weighted by molar-refractivity contribution is 0.116. The Morgan fingerprint density at radius 1 is 1.18 bits per heavy atom. The van der Waals surface area contributed by atoms with Crippen LogP contribution in [0, 0.1) is 0 Å². The molecule has 10 nitrogen and oxygen atoms in total. The van der Waals surface area contributed by atoms with E-state index in [1.165, 1.54) is 11.3 Å². The van der Waals surface area contributed by atoms with Gasteiger partial charge in [0.25, 0.3) is 0 Å². The number of aromatic amines is 1. The normalized spacial score (nSPS) is 18.2. The van der Waals surface area contributed by atoms with Crippen molar-refractivity contribution in [3.8, 4) is 11.5 Å². The molecule has 33 heavy (non-hydrogen) atoms. The molecule has 1 saturated carbocycles. The van der Waals surface area contributed by atoms with Crippen LogP contribution in [0.25, 0.3) is 10.2 Å². The largest absolute Gasteiger partial charge is 0.494 e. The summed E-state index contributed by atoms with van der Waals surface area (Å²) in [6.45, 7) is 0.271. The summed E-state index contributed by atoms with van der Waals surface area (Å²) >= 11 is 1.52. The quantitative estimate of drug-likeness (QED) is 0.305. The number of aliphatic hydroxyl groups is 1. The van der Waals surface area contributed by atoms with Crippen molar-refractivity contribution in [2.24, 2.45) is 0 Å². The maximum Gasteiger partial charge on any atom is 0.228 e. The number of hydrogen-bond donors (Lipinski definition) is 4. The molecule has 1 fully saturated rings. The summed E-state index contributed by atoms with van der Waals surface area (Å²) in [6, 6.07) is 7.40. The highest BCUT2D eigenvalue weighted by molar-refractivity contribution is 7.22. The minimum absolute atomic E-state index is 0.0309. The monoisotopic (exact) mass is 467 g/mol. The Balaban J connectivity index is 1.30. The second-order valence-electron chi connectivity index (χ2n) is 7.85. The van der Waals surface area contributed by atoms with Crippen molar-refractivity contribution >= 4 is 38.5 Å². The van der Waals surface area contributed by atoms with Crippen LogP contribution in [0.4, 0.5) is 16.9 Å². The van der Waals surface area contributed by atoms with E-state index in [1.807, 2.05) is 12.1 Å². The summed E-state index contributed by atoms with van der Waals surface area (Å²) < 4.78 is 12.5. The summed E-state index contributed by atoms with van der Waals surface area (Å²) in [5.74, 6) is 2.46. The van der Waals surface area contributed by atoms with Gasteiger partial charge in [0.1, 0.15) is 29.4 Å². The van der Waals surface area contributed by atoms with Gasteiger partial charge in [-0.1, -0.05) is 24.2 Å². The second kappa shape index (κ2) is 9.59. The van der Waals surface area contributed by atoms with Gasteiger partial charge in [0.05, 0.1) is 35.8 Å². The van der Waals surface area contributed by atoms with Crippen LogP contribution in [-0.2, 0) is 6.61 Å². The van der Waals surface area contributed by atoms with Gasteiger partial charge < -0.3 is 25.2 Å². The molecule has 172 valence electrons. The Labute approximate surface area is 194 Å². The minimum atomic E-state index is -0.341. The Kier molecular flexibility index (Phi) is 6.22. The zero-order chi connectivity index (χ0) is 22.6. The summed E-state index contributed by atoms with van der Waals surface area (Å²) in [7, 11) is 1.62. The molecule has 0 amide bonds. The number of hydrogen-bond acceptors (Lipinski definition) is 10. The standard InChI is InChI=1S/C22H25N7O3S/c1-31-17-10-14(32-12-13-6-8-23-21(25-13)27-19-7-9-24-29-19)11-18-20(17)28-22(33-18)26-15-4-2-3-5-16(15)30/h6-11,15-16,30H,2-5,12H2,1H3,(H,26,28)(H2,23,24,25,27,29)/t15-,16-/m0/s1. The Bertz CT molecular complexity index is 1210. The number of nitrogens with one attached hydrogen (secondary N) is 3. The average molecular weight is 468 g/mol. The van der Waals surface area contributed by atoms with Gasteiger partial charge in [-0.2, -0.15) is 5.10 Å². The van der Waals surface area contributed by atoms with E-state index in [9.17, 15) is 5.11 Å². The highest BCUT2D eigenvalue weighted by atomic mass is 32.1. The second-order valence-corrected chi connectivity index (χ2v) is 8.88. The fraction of sp³-hybridized carbons (Fsp3) is 0.364. The first-order valence-corrected chi connectivity index (χ1v) is 11.6. The highest BCUT2D eigenvalue weighted by Gasteiger charge is 2.24. The van der Waals surface area contributed by atoms with Crippen LogP contribution in [0.1, 0.15) is 31.4 Å². The van der Waals surface area contributed by atoms with Crippen LogP contribution in [0.5, 0.6) is 11.5 Å². The van der Waals surface area contributed by atoms with E-state index in [2.05, 4.69) is 30.8 Å². The molecule has 0 spiro atoms. The third-order valence-corrected chi connectivity index (χ3v) is 6.47. The van der Waals surface area contributed by atoms with Crippen molar-refractivity contribution in [1.82, 2.24) is 25.1 Å². The molecule has 0 unspecified atom stereocenters. The molecule has 0 saturated heterocycles. The van der Waals surface area contributed by atoms with Gasteiger partial charge in [-0.3, -0.25) is 5.10 Å². The van der Waals surface area contributed by atoms with E-state index in [1.54, 1.807) is 31.6 Å². The number of thiazole rings is 1. The van der Waals surface area contributed by atoms with E-state index in [0.717, 1.165) is 46.7 Å². The van der Waals surface area contributed by atoms with Crippen LogP contribution in [0.2, 0.25) is 0 Å². The topological polar surface area (TPSA) is 130 Å². The van der Waals surface area contributed by atoms with Gasteiger partial charge in [-0.05, 0) is 25.0 Å². The molecule has 3 heterocycles. The van der Waals surface area contributed by atoms with Gasteiger partial charge in [0.2, 0.25) is 5.95 Å². The van der Waals surface area contributed by atoms with Crippen molar-refractivity contribution in [2.45, 2.75) is 44.4 Å². The lowest BCUT2D eigenvalue weighted by atomic mass is 9.93. The third kappa shape index (κ3) is 4.99. The molecule has 0 radical (unpaired) electrons. The smallest absolute Gasteiger partial charge is 0.228 e. The van der Waals surface area contributed by atoms with Crippen LogP contribution in [-0.4, -0.2) is 49.5 Å². The highest BCUT2D eigenvalue weighted by Crippen LogP contribution is 2.37. The summed E-state index contributed by atoms with van der Waals surface area (Å²) in [5, 5.41) is 24.2. The molecule has 1 aliphatic rings. The zero-order valence-corrected chi connectivity index (χ0v) is 18.9. The van der Waals surface area contributed by atoms with E-state index >= 15 is 0 Å². The van der Waals surface area contributed by atoms with Gasteiger partial charge >= 0.3 is 0 Å². The van der Waals surface area contributed by atoms with E-state index in [0.29, 0.717) is 23.3 Å². The van der Waals surface area contributed by atoms with Crippen LogP contribution in [0.15, 0.2) is 36.7 Å². The summed E-state index contributed by atoms with van der Waals surface area (Å²) in [6.07, 6.45) is 6.94. The van der Waals surface area contributed by atoms with E-state index in [4.69, 9.17) is 14.5 Å². The first-order chi connectivity index (χ1) is 16.2. The molecule has 5 rings (SSSR count). The Hall–Kier alpha value is -3.44. The molecule has 4 aromatic rings. The number of fused-ring (bicyclic) bond motifs is 1. The van der Waals surface area contributed by atoms with Crippen molar-refractivity contribution < 1.29 is 14.6 Å². The average Bonchev–Trinajstić information content (AvgIpc) is 3.48. The van der Waals surface area contributed by atoms with Crippen LogP contribution in [0.3, 0.4) is 0 Å². The van der Waals surface area contributed by atoms with Gasteiger partial charge in [-0.25, -0.2) is 15.0 Å². The first-order valence-electron chi connectivity index (χ1n) is 10.8. The van der Waals surface area contributed by atoms with Crippen LogP contribution >= 0.6 is 11.3 Å². The third-order valence-electron chi connectivity index (χ3n) is 5.54. The molecule has 0 bridgehead atoms. The maximum atomic E-state index is 10.3. The lowest BCUT2D eigenvalue weighted by Crippen LogP contribution is -2.36. The molecule has 3 aromatic heterocycles. The fourth-order valence-corrected chi connectivity index (χ4v) is 4.83. The number of rotatable bonds is 8. The number of H-pyrrole nitrogens is 1. The Morgan fingerprint density at radius 3 is 2.91 bits per heavy atom. The van der Waals surface area contributed by atoms with Gasteiger partial charge in [-0.15, -0.1) is 0 Å². The number of aliphatic hydroxyl groups excluding tert-OH is 1. The summed E-state index contributed by atoms with van der Waals surface area (Å²) in [4.78, 5) is 13.4. The van der Waals surface area contributed by atoms with E-state index in [-0.39, 0.29) is 18.8 Å². The molecule has 4 N–H and O–H groups in total. The number of benzene rings is 1. The van der Waals surface area contributed by atoms with Crippen molar-refractivity contribution in [3.05, 3.63) is 42.4 Å². The number of nitrogens with zero attached hydrogens (tertiary/aromatic N) is 4. The molecular formula is C22H25N7O3S. The van der Waals surface area contributed by atoms with Crippen molar-refractivity contribution in [2.75, 3.05) is 17.7 Å². The SMILES string of the molecule is COc1cc(OCc2ccnc(Nc3ccn[nH]3)n2)cc2sc(N[C@H]3CCCC[C@@H]3O)nc12. The number of anilines is 3. The first kappa shape index (κ1) is 21.4. The van der Waals surface area contributed by atoms with Crippen LogP contribution < -0.4 is 20.1 Å². The zero-order valence-electron chi connectivity index (χ0n) is 18.1. The van der Waals surface area contributed by atoms with Gasteiger partial charge in [0.15, 0.2) is 5.13 Å². The molecular weight excluding hydrogens is 442 g/mol. The summed E-state index contributed by atoms with van der Waals surface area (Å²) in [5.41, 5.74) is 1.50. The van der Waals surface area contributed by atoms with Gasteiger partial charge in [0, 0.05) is 18.3 Å². The van der Waals surface area contributed by atoms with E-state index < -0.39 is 0 Å². The van der Waals surface area contributed by atoms with Crippen molar-refractivity contribution in [3.63, 3.8) is 0 Å². The lowest BCUT2D eigenvalue weighted by Gasteiger charge is -2.27. The predicted octanol–water partition coefficient (Wildman–Crippen LogP) is 3.86. The number of methoxy groups -OCH3 is 1. The molecule has 1 aliphatic carbocycles. The van der Waals surface area contributed by atoms with Crippen molar-refractivity contribution in [1.29, 1.82) is 0 Å². The number of aromatic nitrogens is 5. The Morgan fingerprint density at radius 2 is 2.09 bits per heavy atom. The number of ether oxygens (including phenoxy) is 2.